The highest BCUT2D eigenvalue weighted by molar-refractivity contribution is 5.80. The summed E-state index contributed by atoms with van der Waals surface area (Å²) in [4.78, 5) is 16.6. The molecule has 1 aromatic carbocycles. The highest BCUT2D eigenvalue weighted by Gasteiger charge is 2.19. The normalized spacial score (nSPS) is 15.5. The summed E-state index contributed by atoms with van der Waals surface area (Å²) >= 11 is 0. The van der Waals surface area contributed by atoms with Crippen LogP contribution >= 0.6 is 0 Å². The molecule has 7 nitrogen and oxygen atoms in total. The first-order chi connectivity index (χ1) is 14.5. The molecule has 0 fully saturated rings. The maximum atomic E-state index is 12.6. The fourth-order valence-corrected chi connectivity index (χ4v) is 3.28. The number of fused-ring (bicyclic) bond motifs is 1. The summed E-state index contributed by atoms with van der Waals surface area (Å²) in [5, 5.41) is 6.48. The summed E-state index contributed by atoms with van der Waals surface area (Å²) in [5.41, 5.74) is 6.61. The fraction of sp³-hybridized carbons (Fsp3) is 0.478. The first-order valence-corrected chi connectivity index (χ1v) is 10.7. The van der Waals surface area contributed by atoms with Gasteiger partial charge in [-0.1, -0.05) is 43.7 Å². The molecule has 0 saturated carbocycles. The Balaban J connectivity index is 0.00000155. The van der Waals surface area contributed by atoms with Gasteiger partial charge in [-0.3, -0.25) is 9.80 Å². The first-order valence-electron chi connectivity index (χ1n) is 10.7. The van der Waals surface area contributed by atoms with Crippen molar-refractivity contribution in [1.29, 1.82) is 0 Å². The van der Waals surface area contributed by atoms with Gasteiger partial charge in [0.1, 0.15) is 5.82 Å². The molecule has 0 aliphatic carbocycles. The third-order valence-electron chi connectivity index (χ3n) is 4.85. The summed E-state index contributed by atoms with van der Waals surface area (Å²) in [5.74, 6) is 1.01. The van der Waals surface area contributed by atoms with E-state index in [4.69, 9.17) is 0 Å². The molecule has 1 N–H and O–H groups in total. The van der Waals surface area contributed by atoms with Crippen molar-refractivity contribution in [2.45, 2.75) is 33.7 Å². The minimum Gasteiger partial charge on any atom is -0.318 e. The number of aryl methyl sites for hydroxylation is 1. The number of allylic oxidation sites excluding steroid dienone is 1. The molecule has 1 amide bonds. The second-order valence-corrected chi connectivity index (χ2v) is 7.45. The molecular formula is C23H36N6O. The standard InChI is InChI=1S/C21H30N6O.C2H6/c1-17-7-9-18(10-8-17)19-15-23-27-14-6-13-26(12-5-11-24(2)3)20(28)16-22-25(4)21(19)27;1-2/h6-10,13,15,22H,5,11-12,14,16H2,1-4H3;1-2H3/b13-6-;. The quantitative estimate of drug-likeness (QED) is 0.818. The van der Waals surface area contributed by atoms with Gasteiger partial charge in [0, 0.05) is 25.4 Å². The molecule has 3 rings (SSSR count). The number of carbonyl (C=O) groups is 1. The van der Waals surface area contributed by atoms with Gasteiger partial charge in [-0.25, -0.2) is 10.1 Å². The minimum atomic E-state index is 0.0618. The molecule has 164 valence electrons. The summed E-state index contributed by atoms with van der Waals surface area (Å²) in [6.45, 7) is 8.58. The van der Waals surface area contributed by atoms with Crippen molar-refractivity contribution in [2.75, 3.05) is 45.8 Å². The van der Waals surface area contributed by atoms with E-state index in [-0.39, 0.29) is 12.5 Å². The second kappa shape index (κ2) is 11.5. The van der Waals surface area contributed by atoms with Crippen LogP contribution in [0.1, 0.15) is 25.8 Å². The van der Waals surface area contributed by atoms with Gasteiger partial charge in [-0.05, 0) is 45.6 Å². The third-order valence-corrected chi connectivity index (χ3v) is 4.85. The van der Waals surface area contributed by atoms with Crippen LogP contribution in [0.3, 0.4) is 0 Å². The van der Waals surface area contributed by atoms with Gasteiger partial charge in [-0.2, -0.15) is 5.10 Å². The number of rotatable bonds is 5. The molecule has 0 unspecified atom stereocenters. The molecule has 2 heterocycles. The predicted octanol–water partition coefficient (Wildman–Crippen LogP) is 3.13. The van der Waals surface area contributed by atoms with Crippen LogP contribution in [0, 0.1) is 6.92 Å². The van der Waals surface area contributed by atoms with Gasteiger partial charge >= 0.3 is 0 Å². The zero-order valence-electron chi connectivity index (χ0n) is 19.2. The Morgan fingerprint density at radius 1 is 1.17 bits per heavy atom. The maximum Gasteiger partial charge on any atom is 0.242 e. The van der Waals surface area contributed by atoms with Crippen molar-refractivity contribution in [2.24, 2.45) is 0 Å². The Hall–Kier alpha value is -2.64. The number of anilines is 1. The third kappa shape index (κ3) is 6.18. The summed E-state index contributed by atoms with van der Waals surface area (Å²) in [7, 11) is 6.02. The molecule has 1 aliphatic heterocycles. The van der Waals surface area contributed by atoms with Crippen molar-refractivity contribution in [3.8, 4) is 11.1 Å². The van der Waals surface area contributed by atoms with E-state index in [1.54, 1.807) is 4.90 Å². The Bertz CT molecular complexity index is 825. The molecule has 7 heteroatoms. The van der Waals surface area contributed by atoms with Gasteiger partial charge in [0.15, 0.2) is 0 Å². The summed E-state index contributed by atoms with van der Waals surface area (Å²) in [6.07, 6.45) is 6.72. The molecule has 2 aromatic rings. The smallest absolute Gasteiger partial charge is 0.242 e. The lowest BCUT2D eigenvalue weighted by Gasteiger charge is -2.26. The van der Waals surface area contributed by atoms with Gasteiger partial charge < -0.3 is 9.80 Å². The zero-order valence-corrected chi connectivity index (χ0v) is 19.2. The van der Waals surface area contributed by atoms with Gasteiger partial charge in [0.25, 0.3) is 0 Å². The molecule has 0 bridgehead atoms. The van der Waals surface area contributed by atoms with Crippen molar-refractivity contribution in [1.82, 2.24) is 25.0 Å². The van der Waals surface area contributed by atoms with Crippen LogP contribution in [0.2, 0.25) is 0 Å². The Morgan fingerprint density at radius 3 is 2.53 bits per heavy atom. The average Bonchev–Trinajstić information content (AvgIpc) is 3.16. The van der Waals surface area contributed by atoms with E-state index in [2.05, 4.69) is 46.6 Å². The average molecular weight is 413 g/mol. The largest absolute Gasteiger partial charge is 0.318 e. The lowest BCUT2D eigenvalue weighted by atomic mass is 10.1. The van der Waals surface area contributed by atoms with Crippen molar-refractivity contribution >= 4 is 11.7 Å². The van der Waals surface area contributed by atoms with E-state index in [0.717, 1.165) is 29.9 Å². The minimum absolute atomic E-state index is 0.0618. The number of benzene rings is 1. The van der Waals surface area contributed by atoms with Gasteiger partial charge in [-0.15, -0.1) is 0 Å². The molecule has 30 heavy (non-hydrogen) atoms. The lowest BCUT2D eigenvalue weighted by Crippen LogP contribution is -2.44. The predicted molar refractivity (Wildman–Crippen MR) is 124 cm³/mol. The Morgan fingerprint density at radius 2 is 1.87 bits per heavy atom. The zero-order chi connectivity index (χ0) is 22.1. The molecule has 0 radical (unpaired) electrons. The molecule has 0 atom stereocenters. The van der Waals surface area contributed by atoms with Crippen LogP contribution in [-0.2, 0) is 11.3 Å². The van der Waals surface area contributed by atoms with Crippen molar-refractivity contribution in [3.63, 3.8) is 0 Å². The van der Waals surface area contributed by atoms with Gasteiger partial charge in [0.05, 0.1) is 19.3 Å². The monoisotopic (exact) mass is 412 g/mol. The van der Waals surface area contributed by atoms with Crippen LogP contribution in [0.25, 0.3) is 11.1 Å². The van der Waals surface area contributed by atoms with E-state index in [0.29, 0.717) is 13.1 Å². The highest BCUT2D eigenvalue weighted by atomic mass is 16.2. The summed E-state index contributed by atoms with van der Waals surface area (Å²) in [6, 6.07) is 8.41. The number of hydrogen-bond donors (Lipinski definition) is 1. The number of aromatic nitrogens is 2. The van der Waals surface area contributed by atoms with Crippen LogP contribution in [0.15, 0.2) is 42.7 Å². The van der Waals surface area contributed by atoms with E-state index < -0.39 is 0 Å². The van der Waals surface area contributed by atoms with E-state index >= 15 is 0 Å². The number of hydrogen-bond acceptors (Lipinski definition) is 5. The number of nitrogens with zero attached hydrogens (tertiary/aromatic N) is 5. The lowest BCUT2D eigenvalue weighted by molar-refractivity contribution is -0.127. The molecule has 0 spiro atoms. The van der Waals surface area contributed by atoms with Crippen LogP contribution < -0.4 is 10.4 Å². The van der Waals surface area contributed by atoms with Crippen molar-refractivity contribution in [3.05, 3.63) is 48.3 Å². The second-order valence-electron chi connectivity index (χ2n) is 7.45. The molecule has 1 aliphatic rings. The maximum absolute atomic E-state index is 12.6. The molecule has 1 aromatic heterocycles. The first kappa shape index (κ1) is 23.6. The number of nitrogens with one attached hydrogen (secondary N) is 1. The number of carbonyl (C=O) groups excluding carboxylic acids is 1. The topological polar surface area (TPSA) is 56.6 Å². The van der Waals surface area contributed by atoms with Crippen LogP contribution in [-0.4, -0.2) is 66.3 Å². The number of hydrazine groups is 1. The Labute approximate surface area is 180 Å². The molecular weight excluding hydrogens is 376 g/mol. The number of amides is 1. The van der Waals surface area contributed by atoms with E-state index in [9.17, 15) is 4.79 Å². The fourth-order valence-electron chi connectivity index (χ4n) is 3.28. The van der Waals surface area contributed by atoms with Gasteiger partial charge in [0.2, 0.25) is 5.91 Å². The Kier molecular flexibility index (Phi) is 9.08. The van der Waals surface area contributed by atoms with Crippen LogP contribution in [0.5, 0.6) is 0 Å². The van der Waals surface area contributed by atoms with E-state index in [1.165, 1.54) is 5.56 Å². The SMILES string of the molecule is CC.Cc1ccc(-c2cnn3c2N(C)NCC(=O)N(CCCN(C)C)/C=C\C3)cc1. The highest BCUT2D eigenvalue weighted by Crippen LogP contribution is 2.30. The van der Waals surface area contributed by atoms with Crippen LogP contribution in [0.4, 0.5) is 5.82 Å². The summed E-state index contributed by atoms with van der Waals surface area (Å²) < 4.78 is 1.95. The molecule has 0 saturated heterocycles. The van der Waals surface area contributed by atoms with E-state index in [1.807, 2.05) is 63.2 Å². The van der Waals surface area contributed by atoms with Crippen molar-refractivity contribution < 1.29 is 4.79 Å².